The highest BCUT2D eigenvalue weighted by Gasteiger charge is 2.23. The summed E-state index contributed by atoms with van der Waals surface area (Å²) in [7, 11) is 0. The van der Waals surface area contributed by atoms with Crippen molar-refractivity contribution in [2.75, 3.05) is 6.54 Å². The molecular formula is C15H22N2O3S. The van der Waals surface area contributed by atoms with Gasteiger partial charge in [-0.1, -0.05) is 12.8 Å². The summed E-state index contributed by atoms with van der Waals surface area (Å²) in [6.45, 7) is 2.40. The molecule has 1 saturated carbocycles. The molecule has 1 heterocycles. The fourth-order valence-corrected chi connectivity index (χ4v) is 3.81. The number of nitrogens with one attached hydrogen (secondary N) is 1. The van der Waals surface area contributed by atoms with Gasteiger partial charge >= 0.3 is 5.97 Å². The van der Waals surface area contributed by atoms with Crippen molar-refractivity contribution < 1.29 is 14.7 Å². The molecule has 1 aromatic rings. The lowest BCUT2D eigenvalue weighted by atomic mass is 10.1. The number of rotatable bonds is 7. The third kappa shape index (κ3) is 4.52. The lowest BCUT2D eigenvalue weighted by Crippen LogP contribution is -2.24. The van der Waals surface area contributed by atoms with E-state index in [1.54, 1.807) is 0 Å². The van der Waals surface area contributed by atoms with E-state index >= 15 is 0 Å². The first-order valence-electron chi connectivity index (χ1n) is 7.55. The van der Waals surface area contributed by atoms with Crippen LogP contribution in [0.25, 0.3) is 0 Å². The molecule has 1 aromatic heterocycles. The molecule has 1 aliphatic rings. The molecule has 6 heteroatoms. The average Bonchev–Trinajstić information content (AvgIpc) is 3.06. The van der Waals surface area contributed by atoms with Crippen LogP contribution in [0.3, 0.4) is 0 Å². The van der Waals surface area contributed by atoms with E-state index in [-0.39, 0.29) is 12.3 Å². The van der Waals surface area contributed by atoms with Crippen LogP contribution in [0.15, 0.2) is 0 Å². The molecule has 0 aromatic carbocycles. The Labute approximate surface area is 128 Å². The van der Waals surface area contributed by atoms with Crippen LogP contribution in [0.1, 0.15) is 71.2 Å². The third-order valence-corrected chi connectivity index (χ3v) is 5.15. The van der Waals surface area contributed by atoms with Gasteiger partial charge < -0.3 is 10.4 Å². The van der Waals surface area contributed by atoms with E-state index in [1.165, 1.54) is 37.0 Å². The zero-order valence-corrected chi connectivity index (χ0v) is 13.2. The van der Waals surface area contributed by atoms with Gasteiger partial charge in [-0.2, -0.15) is 0 Å². The molecule has 1 fully saturated rings. The van der Waals surface area contributed by atoms with E-state index in [0.717, 1.165) is 10.7 Å². The van der Waals surface area contributed by atoms with Crippen molar-refractivity contribution in [3.8, 4) is 0 Å². The van der Waals surface area contributed by atoms with Gasteiger partial charge in [0.05, 0.1) is 10.7 Å². The molecule has 0 atom stereocenters. The first-order chi connectivity index (χ1) is 10.1. The van der Waals surface area contributed by atoms with Crippen LogP contribution in [0.5, 0.6) is 0 Å². The van der Waals surface area contributed by atoms with Gasteiger partial charge in [0.15, 0.2) is 0 Å². The van der Waals surface area contributed by atoms with Crippen LogP contribution in [0.4, 0.5) is 0 Å². The van der Waals surface area contributed by atoms with Crippen molar-refractivity contribution in [3.63, 3.8) is 0 Å². The molecule has 0 bridgehead atoms. The minimum atomic E-state index is -0.791. The molecule has 1 amide bonds. The second-order valence-electron chi connectivity index (χ2n) is 5.55. The number of unbranched alkanes of at least 4 members (excludes halogenated alkanes) is 1. The quantitative estimate of drug-likeness (QED) is 0.758. The molecular weight excluding hydrogens is 288 g/mol. The molecule has 2 rings (SSSR count). The van der Waals surface area contributed by atoms with Gasteiger partial charge in [0.25, 0.3) is 5.91 Å². The highest BCUT2D eigenvalue weighted by atomic mass is 32.1. The molecule has 1 aliphatic carbocycles. The molecule has 0 radical (unpaired) electrons. The van der Waals surface area contributed by atoms with Gasteiger partial charge in [-0.15, -0.1) is 11.3 Å². The average molecular weight is 310 g/mol. The number of aliphatic carboxylic acids is 1. The normalized spacial score (nSPS) is 15.3. The van der Waals surface area contributed by atoms with Gasteiger partial charge in [0.1, 0.15) is 4.88 Å². The fraction of sp³-hybridized carbons (Fsp3) is 0.667. The first kappa shape index (κ1) is 15.9. The lowest BCUT2D eigenvalue weighted by molar-refractivity contribution is -0.137. The standard InChI is InChI=1S/C15H22N2O3S/c1-10-13(14(20)16-9-5-4-8-12(18)19)21-15(17-10)11-6-2-3-7-11/h11H,2-9H2,1H3,(H,16,20)(H,18,19). The highest BCUT2D eigenvalue weighted by Crippen LogP contribution is 2.37. The summed E-state index contributed by atoms with van der Waals surface area (Å²) >= 11 is 1.52. The zero-order valence-electron chi connectivity index (χ0n) is 12.4. The topological polar surface area (TPSA) is 79.3 Å². The number of carboxylic acids is 1. The Morgan fingerprint density at radius 1 is 1.33 bits per heavy atom. The van der Waals surface area contributed by atoms with Crippen molar-refractivity contribution in [1.29, 1.82) is 0 Å². The number of hydrogen-bond donors (Lipinski definition) is 2. The highest BCUT2D eigenvalue weighted by molar-refractivity contribution is 7.13. The SMILES string of the molecule is Cc1nc(C2CCCC2)sc1C(=O)NCCCCC(=O)O. The monoisotopic (exact) mass is 310 g/mol. The largest absolute Gasteiger partial charge is 0.481 e. The molecule has 21 heavy (non-hydrogen) atoms. The van der Waals surface area contributed by atoms with E-state index in [0.29, 0.717) is 30.2 Å². The predicted octanol–water partition coefficient (Wildman–Crippen LogP) is 3.09. The first-order valence-corrected chi connectivity index (χ1v) is 8.37. The van der Waals surface area contributed by atoms with Crippen LogP contribution in [-0.4, -0.2) is 28.5 Å². The van der Waals surface area contributed by atoms with Crippen molar-refractivity contribution in [2.45, 2.75) is 57.8 Å². The summed E-state index contributed by atoms with van der Waals surface area (Å²) in [6.07, 6.45) is 6.31. The van der Waals surface area contributed by atoms with E-state index in [2.05, 4.69) is 10.3 Å². The lowest BCUT2D eigenvalue weighted by Gasteiger charge is -2.03. The van der Waals surface area contributed by atoms with Crippen molar-refractivity contribution in [3.05, 3.63) is 15.6 Å². The molecule has 0 spiro atoms. The summed E-state index contributed by atoms with van der Waals surface area (Å²) in [6, 6.07) is 0. The molecule has 116 valence electrons. The zero-order chi connectivity index (χ0) is 15.2. The Balaban J connectivity index is 1.83. The number of carboxylic acid groups (broad SMARTS) is 1. The van der Waals surface area contributed by atoms with Gasteiger partial charge in [-0.05, 0) is 32.6 Å². The Bertz CT molecular complexity index is 507. The third-order valence-electron chi connectivity index (χ3n) is 3.83. The summed E-state index contributed by atoms with van der Waals surface area (Å²) in [5.74, 6) is -0.337. The van der Waals surface area contributed by atoms with E-state index < -0.39 is 5.97 Å². The number of nitrogens with zero attached hydrogens (tertiary/aromatic N) is 1. The van der Waals surface area contributed by atoms with Crippen LogP contribution < -0.4 is 5.32 Å². The summed E-state index contributed by atoms with van der Waals surface area (Å²) in [5.41, 5.74) is 0.810. The van der Waals surface area contributed by atoms with Crippen LogP contribution in [-0.2, 0) is 4.79 Å². The van der Waals surface area contributed by atoms with Crippen molar-refractivity contribution in [2.24, 2.45) is 0 Å². The van der Waals surface area contributed by atoms with E-state index in [4.69, 9.17) is 5.11 Å². The number of amides is 1. The van der Waals surface area contributed by atoms with Crippen LogP contribution in [0.2, 0.25) is 0 Å². The Morgan fingerprint density at radius 2 is 2.05 bits per heavy atom. The second-order valence-corrected chi connectivity index (χ2v) is 6.59. The maximum atomic E-state index is 12.1. The van der Waals surface area contributed by atoms with E-state index in [1.807, 2.05) is 6.92 Å². The molecule has 2 N–H and O–H groups in total. The van der Waals surface area contributed by atoms with Gasteiger partial charge in [0, 0.05) is 18.9 Å². The van der Waals surface area contributed by atoms with Gasteiger partial charge in [0.2, 0.25) is 0 Å². The molecule has 0 saturated heterocycles. The van der Waals surface area contributed by atoms with Gasteiger partial charge in [-0.3, -0.25) is 9.59 Å². The summed E-state index contributed by atoms with van der Waals surface area (Å²) < 4.78 is 0. The maximum absolute atomic E-state index is 12.1. The molecule has 0 unspecified atom stereocenters. The summed E-state index contributed by atoms with van der Waals surface area (Å²) in [5, 5.41) is 12.5. The smallest absolute Gasteiger partial charge is 0.303 e. The number of hydrogen-bond acceptors (Lipinski definition) is 4. The number of thiazole rings is 1. The summed E-state index contributed by atoms with van der Waals surface area (Å²) in [4.78, 5) is 27.8. The van der Waals surface area contributed by atoms with Crippen LogP contribution >= 0.6 is 11.3 Å². The Hall–Kier alpha value is -1.43. The van der Waals surface area contributed by atoms with E-state index in [9.17, 15) is 9.59 Å². The second kappa shape index (κ2) is 7.54. The van der Waals surface area contributed by atoms with Crippen molar-refractivity contribution >= 4 is 23.2 Å². The number of aryl methyl sites for hydroxylation is 1. The molecule has 0 aliphatic heterocycles. The minimum absolute atomic E-state index is 0.0791. The number of carbonyl (C=O) groups excluding carboxylic acids is 1. The molecule has 5 nitrogen and oxygen atoms in total. The van der Waals surface area contributed by atoms with Crippen LogP contribution in [0, 0.1) is 6.92 Å². The Kier molecular flexibility index (Phi) is 5.73. The number of carbonyl (C=O) groups is 2. The number of aromatic nitrogens is 1. The maximum Gasteiger partial charge on any atom is 0.303 e. The minimum Gasteiger partial charge on any atom is -0.481 e. The Morgan fingerprint density at radius 3 is 2.71 bits per heavy atom. The predicted molar refractivity (Wildman–Crippen MR) is 81.9 cm³/mol. The van der Waals surface area contributed by atoms with Crippen molar-refractivity contribution in [1.82, 2.24) is 10.3 Å². The fourth-order valence-electron chi connectivity index (χ4n) is 2.66. The van der Waals surface area contributed by atoms with Gasteiger partial charge in [-0.25, -0.2) is 4.98 Å².